The summed E-state index contributed by atoms with van der Waals surface area (Å²) in [6.07, 6.45) is 5.28. The van der Waals surface area contributed by atoms with Gasteiger partial charge in [0.25, 0.3) is 0 Å². The van der Waals surface area contributed by atoms with Gasteiger partial charge in [-0.3, -0.25) is 9.59 Å². The minimum Gasteiger partial charge on any atom is -0.393 e. The fraction of sp³-hybridized carbons (Fsp3) is 0.789. The zero-order valence-corrected chi connectivity index (χ0v) is 13.7. The molecule has 0 bridgehead atoms. The van der Waals surface area contributed by atoms with E-state index < -0.39 is 12.2 Å². The van der Waals surface area contributed by atoms with Crippen LogP contribution in [0.25, 0.3) is 0 Å². The molecule has 0 heterocycles. The van der Waals surface area contributed by atoms with Crippen molar-refractivity contribution in [2.24, 2.45) is 29.1 Å². The molecule has 0 unspecified atom stereocenters. The van der Waals surface area contributed by atoms with Gasteiger partial charge < -0.3 is 10.2 Å². The van der Waals surface area contributed by atoms with Crippen LogP contribution in [0, 0.1) is 29.1 Å². The lowest BCUT2D eigenvalue weighted by atomic mass is 9.50. The van der Waals surface area contributed by atoms with Crippen LogP contribution in [0.1, 0.15) is 51.9 Å². The summed E-state index contributed by atoms with van der Waals surface area (Å²) in [7, 11) is 0. The SMILES string of the molecule is CC[C@]12C[C@@H](O)[C@H]3[C@@H](C[C@@H](O)C4=CC(=O)CC[C@@H]43)[C@@H]1CCC2=O. The molecule has 23 heavy (non-hydrogen) atoms. The lowest BCUT2D eigenvalue weighted by Crippen LogP contribution is -2.56. The molecule has 126 valence electrons. The summed E-state index contributed by atoms with van der Waals surface area (Å²) in [5.74, 6) is 1.13. The monoisotopic (exact) mass is 318 g/mol. The Morgan fingerprint density at radius 3 is 2.74 bits per heavy atom. The Morgan fingerprint density at radius 2 is 2.00 bits per heavy atom. The first kappa shape index (κ1) is 15.5. The van der Waals surface area contributed by atoms with Crippen LogP contribution in [0.2, 0.25) is 0 Å². The Labute approximate surface area is 137 Å². The largest absolute Gasteiger partial charge is 0.393 e. The first-order valence-corrected chi connectivity index (χ1v) is 9.11. The van der Waals surface area contributed by atoms with Crippen molar-refractivity contribution in [3.63, 3.8) is 0 Å². The fourth-order valence-corrected chi connectivity index (χ4v) is 6.44. The summed E-state index contributed by atoms with van der Waals surface area (Å²) >= 11 is 0. The highest BCUT2D eigenvalue weighted by molar-refractivity contribution is 5.91. The number of aliphatic hydroxyl groups excluding tert-OH is 2. The van der Waals surface area contributed by atoms with Crippen molar-refractivity contribution in [3.05, 3.63) is 11.6 Å². The van der Waals surface area contributed by atoms with Crippen LogP contribution in [0.15, 0.2) is 11.6 Å². The first-order chi connectivity index (χ1) is 11.0. The molecule has 0 saturated heterocycles. The highest BCUT2D eigenvalue weighted by Crippen LogP contribution is 2.61. The van der Waals surface area contributed by atoms with E-state index in [2.05, 4.69) is 6.92 Å². The topological polar surface area (TPSA) is 74.6 Å². The van der Waals surface area contributed by atoms with E-state index in [9.17, 15) is 19.8 Å². The Morgan fingerprint density at radius 1 is 1.22 bits per heavy atom. The molecule has 3 fully saturated rings. The predicted molar refractivity (Wildman–Crippen MR) is 84.5 cm³/mol. The smallest absolute Gasteiger partial charge is 0.155 e. The van der Waals surface area contributed by atoms with Gasteiger partial charge in [0.05, 0.1) is 12.2 Å². The van der Waals surface area contributed by atoms with Crippen LogP contribution in [-0.2, 0) is 9.59 Å². The summed E-state index contributed by atoms with van der Waals surface area (Å²) in [6.45, 7) is 2.06. The summed E-state index contributed by atoms with van der Waals surface area (Å²) < 4.78 is 0. The molecule has 0 spiro atoms. The van der Waals surface area contributed by atoms with Crippen molar-refractivity contribution in [1.29, 1.82) is 0 Å². The van der Waals surface area contributed by atoms with E-state index in [1.807, 2.05) is 0 Å². The van der Waals surface area contributed by atoms with Crippen LogP contribution >= 0.6 is 0 Å². The van der Waals surface area contributed by atoms with E-state index in [0.29, 0.717) is 37.4 Å². The van der Waals surface area contributed by atoms with Crippen molar-refractivity contribution in [1.82, 2.24) is 0 Å². The van der Waals surface area contributed by atoms with Gasteiger partial charge in [0.2, 0.25) is 0 Å². The number of carbonyl (C=O) groups excluding carboxylic acids is 2. The second kappa shape index (κ2) is 5.25. The van der Waals surface area contributed by atoms with Crippen molar-refractivity contribution in [3.8, 4) is 0 Å². The Kier molecular flexibility index (Phi) is 3.54. The third kappa shape index (κ3) is 2.04. The molecule has 4 nitrogen and oxygen atoms in total. The molecule has 4 aliphatic carbocycles. The number of aliphatic hydroxyl groups is 2. The molecule has 0 aliphatic heterocycles. The Hall–Kier alpha value is -1.00. The van der Waals surface area contributed by atoms with Crippen LogP contribution in [-0.4, -0.2) is 34.0 Å². The van der Waals surface area contributed by atoms with Gasteiger partial charge in [-0.1, -0.05) is 6.92 Å². The number of rotatable bonds is 1. The zero-order chi connectivity index (χ0) is 16.4. The van der Waals surface area contributed by atoms with Crippen molar-refractivity contribution in [2.75, 3.05) is 0 Å². The molecule has 4 aliphatic rings. The molecular weight excluding hydrogens is 292 g/mol. The van der Waals surface area contributed by atoms with Gasteiger partial charge in [0.1, 0.15) is 5.78 Å². The van der Waals surface area contributed by atoms with E-state index in [4.69, 9.17) is 0 Å². The summed E-state index contributed by atoms with van der Waals surface area (Å²) in [6, 6.07) is 0. The molecule has 0 amide bonds. The molecule has 4 heteroatoms. The summed E-state index contributed by atoms with van der Waals surface area (Å²) in [5.41, 5.74) is 0.473. The maximum atomic E-state index is 12.6. The van der Waals surface area contributed by atoms with Crippen molar-refractivity contribution in [2.45, 2.75) is 64.1 Å². The minimum absolute atomic E-state index is 0.0954. The van der Waals surface area contributed by atoms with Crippen molar-refractivity contribution >= 4 is 11.6 Å². The standard InChI is InChI=1S/C19H26O4/c1-2-19-9-16(22)18-11-4-3-10(20)7-12(11)15(21)8-13(18)14(19)5-6-17(19)23/h7,11,13-16,18,21-22H,2-6,8-9H2,1H3/t11-,13-,14-,15+,16+,18+,19-/m0/s1. The van der Waals surface area contributed by atoms with Crippen LogP contribution < -0.4 is 0 Å². The third-order valence-corrected chi connectivity index (χ3v) is 7.41. The molecule has 4 rings (SSSR count). The predicted octanol–water partition coefficient (Wildman–Crippen LogP) is 2.03. The zero-order valence-electron chi connectivity index (χ0n) is 13.7. The summed E-state index contributed by atoms with van der Waals surface area (Å²) in [4.78, 5) is 24.3. The second-order valence-corrected chi connectivity index (χ2v) is 8.10. The molecule has 2 N–H and O–H groups in total. The summed E-state index contributed by atoms with van der Waals surface area (Å²) in [5, 5.41) is 21.5. The van der Waals surface area contributed by atoms with Gasteiger partial charge in [0.15, 0.2) is 5.78 Å². The van der Waals surface area contributed by atoms with Gasteiger partial charge >= 0.3 is 0 Å². The van der Waals surface area contributed by atoms with E-state index >= 15 is 0 Å². The number of Topliss-reactive ketones (excluding diaryl/α,β-unsaturated/α-hetero) is 1. The average Bonchev–Trinajstić information content (AvgIpc) is 2.85. The highest BCUT2D eigenvalue weighted by Gasteiger charge is 2.61. The molecular formula is C19H26O4. The van der Waals surface area contributed by atoms with Gasteiger partial charge in [-0.15, -0.1) is 0 Å². The van der Waals surface area contributed by atoms with Crippen LogP contribution in [0.4, 0.5) is 0 Å². The number of carbonyl (C=O) groups is 2. The Bertz CT molecular complexity index is 580. The maximum Gasteiger partial charge on any atom is 0.155 e. The molecule has 0 aromatic rings. The molecule has 0 radical (unpaired) electrons. The normalized spacial score (nSPS) is 49.3. The van der Waals surface area contributed by atoms with Crippen LogP contribution in [0.5, 0.6) is 0 Å². The van der Waals surface area contributed by atoms with E-state index in [1.165, 1.54) is 0 Å². The van der Waals surface area contributed by atoms with E-state index in [1.54, 1.807) is 6.08 Å². The quantitative estimate of drug-likeness (QED) is 0.776. The average molecular weight is 318 g/mol. The third-order valence-electron chi connectivity index (χ3n) is 7.41. The first-order valence-electron chi connectivity index (χ1n) is 9.11. The molecule has 0 aromatic heterocycles. The number of ketones is 2. The second-order valence-electron chi connectivity index (χ2n) is 8.10. The number of fused-ring (bicyclic) bond motifs is 5. The van der Waals surface area contributed by atoms with Gasteiger partial charge in [-0.05, 0) is 67.4 Å². The number of hydrogen-bond acceptors (Lipinski definition) is 4. The highest BCUT2D eigenvalue weighted by atomic mass is 16.3. The molecule has 7 atom stereocenters. The van der Waals surface area contributed by atoms with E-state index in [0.717, 1.165) is 24.8 Å². The van der Waals surface area contributed by atoms with Gasteiger partial charge in [-0.25, -0.2) is 0 Å². The minimum atomic E-state index is -0.582. The lowest BCUT2D eigenvalue weighted by molar-refractivity contribution is -0.147. The van der Waals surface area contributed by atoms with Crippen LogP contribution in [0.3, 0.4) is 0 Å². The number of hydrogen-bond donors (Lipinski definition) is 2. The molecule has 0 aromatic carbocycles. The van der Waals surface area contributed by atoms with Gasteiger partial charge in [0, 0.05) is 18.3 Å². The lowest BCUT2D eigenvalue weighted by Gasteiger charge is -2.55. The Balaban J connectivity index is 1.74. The van der Waals surface area contributed by atoms with Crippen molar-refractivity contribution < 1.29 is 19.8 Å². The van der Waals surface area contributed by atoms with Gasteiger partial charge in [-0.2, -0.15) is 0 Å². The van der Waals surface area contributed by atoms with E-state index in [-0.39, 0.29) is 29.0 Å². The maximum absolute atomic E-state index is 12.6. The fourth-order valence-electron chi connectivity index (χ4n) is 6.44. The molecule has 3 saturated carbocycles.